The molecule has 2 N–H and O–H groups in total. The van der Waals surface area contributed by atoms with Gasteiger partial charge in [-0.3, -0.25) is 0 Å². The minimum absolute atomic E-state index is 0.0565. The second-order valence-corrected chi connectivity index (χ2v) is 4.09. The summed E-state index contributed by atoms with van der Waals surface area (Å²) < 4.78 is 0. The van der Waals surface area contributed by atoms with Gasteiger partial charge in [0.15, 0.2) is 0 Å². The number of hydrogen-bond donors (Lipinski definition) is 2. The second kappa shape index (κ2) is 4.34. The van der Waals surface area contributed by atoms with Gasteiger partial charge < -0.3 is 10.6 Å². The van der Waals surface area contributed by atoms with E-state index in [-0.39, 0.29) is 6.03 Å². The van der Waals surface area contributed by atoms with E-state index in [9.17, 15) is 4.79 Å². The molecule has 1 aliphatic carbocycles. The van der Waals surface area contributed by atoms with Crippen LogP contribution in [-0.4, -0.2) is 12.1 Å². The van der Waals surface area contributed by atoms with E-state index in [2.05, 4.69) is 16.7 Å². The Balaban J connectivity index is 1.78. The zero-order valence-corrected chi connectivity index (χ0v) is 8.92. The minimum Gasteiger partial charge on any atom is -0.335 e. The Bertz CT molecular complexity index is 358. The van der Waals surface area contributed by atoms with Gasteiger partial charge in [0.1, 0.15) is 0 Å². The molecule has 0 atom stereocenters. The average Bonchev–Trinajstić information content (AvgIpc) is 2.99. The first-order valence-corrected chi connectivity index (χ1v) is 5.34. The molecule has 1 aromatic rings. The van der Waals surface area contributed by atoms with E-state index in [1.807, 2.05) is 25.1 Å². The summed E-state index contributed by atoms with van der Waals surface area (Å²) >= 11 is 0. The van der Waals surface area contributed by atoms with Crippen molar-refractivity contribution in [3.05, 3.63) is 35.4 Å². The van der Waals surface area contributed by atoms with Crippen molar-refractivity contribution in [1.29, 1.82) is 0 Å². The summed E-state index contributed by atoms with van der Waals surface area (Å²) in [4.78, 5) is 11.3. The number of hydrogen-bond acceptors (Lipinski definition) is 1. The van der Waals surface area contributed by atoms with Gasteiger partial charge in [-0.25, -0.2) is 4.79 Å². The Labute approximate surface area is 89.9 Å². The van der Waals surface area contributed by atoms with Crippen LogP contribution >= 0.6 is 0 Å². The molecule has 0 saturated heterocycles. The van der Waals surface area contributed by atoms with Crippen LogP contribution in [0.4, 0.5) is 4.79 Å². The molecule has 0 aromatic heterocycles. The van der Waals surface area contributed by atoms with Crippen molar-refractivity contribution >= 4 is 6.03 Å². The fourth-order valence-corrected chi connectivity index (χ4v) is 1.47. The number of urea groups is 1. The predicted octanol–water partition coefficient (Wildman–Crippen LogP) is 1.96. The summed E-state index contributed by atoms with van der Waals surface area (Å²) in [5, 5.41) is 5.74. The largest absolute Gasteiger partial charge is 0.335 e. The molecule has 2 amide bonds. The minimum atomic E-state index is -0.0565. The van der Waals surface area contributed by atoms with Crippen molar-refractivity contribution in [3.63, 3.8) is 0 Å². The maximum absolute atomic E-state index is 11.3. The molecule has 0 heterocycles. The smallest absolute Gasteiger partial charge is 0.315 e. The summed E-state index contributed by atoms with van der Waals surface area (Å²) in [6, 6.07) is 8.52. The first kappa shape index (κ1) is 10.0. The first-order chi connectivity index (χ1) is 7.24. The van der Waals surface area contributed by atoms with Gasteiger partial charge in [-0.1, -0.05) is 29.8 Å². The van der Waals surface area contributed by atoms with Gasteiger partial charge in [0.05, 0.1) is 0 Å². The third kappa shape index (κ3) is 3.27. The summed E-state index contributed by atoms with van der Waals surface area (Å²) in [7, 11) is 0. The summed E-state index contributed by atoms with van der Waals surface area (Å²) in [5.74, 6) is 0. The third-order valence-electron chi connectivity index (χ3n) is 2.45. The number of carbonyl (C=O) groups excluding carboxylic acids is 1. The van der Waals surface area contributed by atoms with Crippen LogP contribution < -0.4 is 10.6 Å². The van der Waals surface area contributed by atoms with Gasteiger partial charge in [-0.15, -0.1) is 0 Å². The lowest BCUT2D eigenvalue weighted by Crippen LogP contribution is -2.36. The highest BCUT2D eigenvalue weighted by molar-refractivity contribution is 5.74. The quantitative estimate of drug-likeness (QED) is 0.776. The van der Waals surface area contributed by atoms with Crippen molar-refractivity contribution in [2.24, 2.45) is 0 Å². The molecule has 1 saturated carbocycles. The molecule has 0 unspecified atom stereocenters. The Morgan fingerprint density at radius 2 is 2.27 bits per heavy atom. The van der Waals surface area contributed by atoms with Crippen LogP contribution in [0, 0.1) is 6.92 Å². The molecule has 1 aromatic carbocycles. The molecule has 80 valence electrons. The normalized spacial score (nSPS) is 14.7. The molecule has 3 nitrogen and oxygen atoms in total. The van der Waals surface area contributed by atoms with Crippen molar-refractivity contribution < 1.29 is 4.79 Å². The number of carbonyl (C=O) groups is 1. The fraction of sp³-hybridized carbons (Fsp3) is 0.417. The average molecular weight is 204 g/mol. The van der Waals surface area contributed by atoms with Crippen LogP contribution in [0.25, 0.3) is 0 Å². The first-order valence-electron chi connectivity index (χ1n) is 5.34. The molecule has 1 fully saturated rings. The van der Waals surface area contributed by atoms with Crippen LogP contribution in [0.5, 0.6) is 0 Å². The van der Waals surface area contributed by atoms with Gasteiger partial charge in [0.25, 0.3) is 0 Å². The van der Waals surface area contributed by atoms with Gasteiger partial charge in [-0.2, -0.15) is 0 Å². The van der Waals surface area contributed by atoms with Gasteiger partial charge in [0.2, 0.25) is 0 Å². The molecule has 2 rings (SSSR count). The van der Waals surface area contributed by atoms with Crippen molar-refractivity contribution in [2.75, 3.05) is 0 Å². The SMILES string of the molecule is Cc1cccc(CNC(=O)NC2CC2)c1. The summed E-state index contributed by atoms with van der Waals surface area (Å²) in [6.07, 6.45) is 2.25. The predicted molar refractivity (Wildman–Crippen MR) is 59.6 cm³/mol. The highest BCUT2D eigenvalue weighted by Gasteiger charge is 2.22. The van der Waals surface area contributed by atoms with E-state index in [1.165, 1.54) is 5.56 Å². The van der Waals surface area contributed by atoms with E-state index in [0.29, 0.717) is 12.6 Å². The fourth-order valence-electron chi connectivity index (χ4n) is 1.47. The Morgan fingerprint density at radius 1 is 1.47 bits per heavy atom. The molecule has 3 heteroatoms. The topological polar surface area (TPSA) is 41.1 Å². The molecule has 15 heavy (non-hydrogen) atoms. The van der Waals surface area contributed by atoms with Crippen molar-refractivity contribution in [2.45, 2.75) is 32.4 Å². The van der Waals surface area contributed by atoms with E-state index in [1.54, 1.807) is 0 Å². The lowest BCUT2D eigenvalue weighted by atomic mass is 10.1. The zero-order valence-electron chi connectivity index (χ0n) is 8.92. The van der Waals surface area contributed by atoms with Gasteiger partial charge in [0, 0.05) is 12.6 Å². The Morgan fingerprint density at radius 3 is 2.93 bits per heavy atom. The van der Waals surface area contributed by atoms with Gasteiger partial charge in [-0.05, 0) is 25.3 Å². The Hall–Kier alpha value is -1.51. The lowest BCUT2D eigenvalue weighted by Gasteiger charge is -2.06. The third-order valence-corrected chi connectivity index (χ3v) is 2.45. The highest BCUT2D eigenvalue weighted by Crippen LogP contribution is 2.18. The van der Waals surface area contributed by atoms with Gasteiger partial charge >= 0.3 is 6.03 Å². The number of rotatable bonds is 3. The lowest BCUT2D eigenvalue weighted by molar-refractivity contribution is 0.240. The van der Waals surface area contributed by atoms with E-state index in [4.69, 9.17) is 0 Å². The molecular formula is C12H16N2O. The van der Waals surface area contributed by atoms with Crippen LogP contribution in [0.1, 0.15) is 24.0 Å². The number of amides is 2. The van der Waals surface area contributed by atoms with Crippen LogP contribution in [0.15, 0.2) is 24.3 Å². The summed E-state index contributed by atoms with van der Waals surface area (Å²) in [5.41, 5.74) is 2.36. The van der Waals surface area contributed by atoms with E-state index < -0.39 is 0 Å². The maximum Gasteiger partial charge on any atom is 0.315 e. The summed E-state index contributed by atoms with van der Waals surface area (Å²) in [6.45, 7) is 2.65. The molecule has 0 radical (unpaired) electrons. The second-order valence-electron chi connectivity index (χ2n) is 4.09. The number of nitrogens with one attached hydrogen (secondary N) is 2. The molecule has 0 bridgehead atoms. The van der Waals surface area contributed by atoms with Crippen LogP contribution in [-0.2, 0) is 6.54 Å². The number of benzene rings is 1. The van der Waals surface area contributed by atoms with Crippen molar-refractivity contribution in [3.8, 4) is 0 Å². The molecular weight excluding hydrogens is 188 g/mol. The molecule has 0 aliphatic heterocycles. The van der Waals surface area contributed by atoms with Crippen molar-refractivity contribution in [1.82, 2.24) is 10.6 Å². The maximum atomic E-state index is 11.3. The van der Waals surface area contributed by atoms with E-state index >= 15 is 0 Å². The Kier molecular flexibility index (Phi) is 2.90. The monoisotopic (exact) mass is 204 g/mol. The number of aryl methyl sites for hydroxylation is 1. The zero-order chi connectivity index (χ0) is 10.7. The van der Waals surface area contributed by atoms with Crippen LogP contribution in [0.2, 0.25) is 0 Å². The van der Waals surface area contributed by atoms with Crippen LogP contribution in [0.3, 0.4) is 0 Å². The van der Waals surface area contributed by atoms with E-state index in [0.717, 1.165) is 18.4 Å². The molecule has 0 spiro atoms. The molecule has 1 aliphatic rings. The highest BCUT2D eigenvalue weighted by atomic mass is 16.2. The standard InChI is InChI=1S/C12H16N2O/c1-9-3-2-4-10(7-9)8-13-12(15)14-11-5-6-11/h2-4,7,11H,5-6,8H2,1H3,(H2,13,14,15).